The maximum absolute atomic E-state index is 5.96. The second kappa shape index (κ2) is 5.77. The number of benzene rings is 1. The van der Waals surface area contributed by atoms with E-state index in [1.54, 1.807) is 0 Å². The summed E-state index contributed by atoms with van der Waals surface area (Å²) in [5.74, 6) is 2.90. The van der Waals surface area contributed by atoms with Crippen molar-refractivity contribution in [3.8, 4) is 5.75 Å². The monoisotopic (exact) mass is 273 g/mol. The van der Waals surface area contributed by atoms with Crippen molar-refractivity contribution in [2.45, 2.75) is 64.6 Å². The van der Waals surface area contributed by atoms with Crippen molar-refractivity contribution in [2.24, 2.45) is 11.8 Å². The van der Waals surface area contributed by atoms with Crippen LogP contribution in [0, 0.1) is 11.8 Å². The highest BCUT2D eigenvalue weighted by molar-refractivity contribution is 5.36. The second-order valence-corrected chi connectivity index (χ2v) is 6.79. The number of rotatable bonds is 7. The van der Waals surface area contributed by atoms with Crippen molar-refractivity contribution in [1.29, 1.82) is 0 Å². The fourth-order valence-corrected chi connectivity index (χ4v) is 3.15. The van der Waals surface area contributed by atoms with Gasteiger partial charge in [-0.05, 0) is 64.4 Å². The molecule has 1 N–H and O–H groups in total. The van der Waals surface area contributed by atoms with Crippen molar-refractivity contribution in [3.63, 3.8) is 0 Å². The predicted molar refractivity (Wildman–Crippen MR) is 83.0 cm³/mol. The Morgan fingerprint density at radius 2 is 1.60 bits per heavy atom. The molecule has 1 unspecified atom stereocenters. The van der Waals surface area contributed by atoms with E-state index >= 15 is 0 Å². The Kier molecular flexibility index (Phi) is 4.02. The minimum atomic E-state index is 0.228. The van der Waals surface area contributed by atoms with Crippen LogP contribution in [-0.2, 0) is 0 Å². The molecule has 0 aromatic heterocycles. The molecular formula is C18H27NO. The second-order valence-electron chi connectivity index (χ2n) is 6.79. The van der Waals surface area contributed by atoms with Gasteiger partial charge in [-0.15, -0.1) is 0 Å². The van der Waals surface area contributed by atoms with Crippen LogP contribution in [0.4, 0.5) is 0 Å². The van der Waals surface area contributed by atoms with Gasteiger partial charge >= 0.3 is 0 Å². The molecule has 0 heterocycles. The van der Waals surface area contributed by atoms with E-state index in [4.69, 9.17) is 4.74 Å². The molecule has 2 nitrogen and oxygen atoms in total. The fraction of sp³-hybridized carbons (Fsp3) is 0.667. The average Bonchev–Trinajstić information content (AvgIpc) is 3.28. The third-order valence-electron chi connectivity index (χ3n) is 4.45. The van der Waals surface area contributed by atoms with E-state index in [0.717, 1.165) is 23.6 Å². The summed E-state index contributed by atoms with van der Waals surface area (Å²) in [5.41, 5.74) is 1.30. The molecule has 2 fully saturated rings. The quantitative estimate of drug-likeness (QED) is 0.799. The highest BCUT2D eigenvalue weighted by Crippen LogP contribution is 2.45. The Morgan fingerprint density at radius 1 is 1.00 bits per heavy atom. The number of ether oxygens (including phenoxy) is 1. The molecule has 2 saturated carbocycles. The maximum Gasteiger partial charge on any atom is 0.124 e. The molecule has 0 radical (unpaired) electrons. The molecule has 3 rings (SSSR count). The Balaban J connectivity index is 1.70. The Morgan fingerprint density at radius 3 is 2.15 bits per heavy atom. The molecule has 0 aliphatic heterocycles. The van der Waals surface area contributed by atoms with Crippen LogP contribution in [0.25, 0.3) is 0 Å². The van der Waals surface area contributed by atoms with Crippen LogP contribution in [0.5, 0.6) is 5.75 Å². The van der Waals surface area contributed by atoms with Gasteiger partial charge in [0.05, 0.1) is 6.10 Å². The summed E-state index contributed by atoms with van der Waals surface area (Å²) in [6, 6.07) is 9.58. The Hall–Kier alpha value is -1.02. The van der Waals surface area contributed by atoms with Crippen molar-refractivity contribution >= 4 is 0 Å². The van der Waals surface area contributed by atoms with Gasteiger partial charge in [-0.2, -0.15) is 0 Å². The largest absolute Gasteiger partial charge is 0.491 e. The lowest BCUT2D eigenvalue weighted by molar-refractivity contribution is 0.236. The lowest BCUT2D eigenvalue weighted by atomic mass is 10.0. The van der Waals surface area contributed by atoms with Crippen LogP contribution in [0.3, 0.4) is 0 Å². The zero-order valence-electron chi connectivity index (χ0n) is 12.9. The van der Waals surface area contributed by atoms with Gasteiger partial charge in [-0.3, -0.25) is 0 Å². The summed E-state index contributed by atoms with van der Waals surface area (Å²) in [4.78, 5) is 0. The van der Waals surface area contributed by atoms with E-state index in [0.29, 0.717) is 6.04 Å². The van der Waals surface area contributed by atoms with E-state index in [2.05, 4.69) is 50.4 Å². The van der Waals surface area contributed by atoms with Crippen molar-refractivity contribution in [1.82, 2.24) is 5.32 Å². The summed E-state index contributed by atoms with van der Waals surface area (Å²) in [6.07, 6.45) is 5.91. The van der Waals surface area contributed by atoms with Crippen molar-refractivity contribution in [3.05, 3.63) is 29.8 Å². The van der Waals surface area contributed by atoms with Gasteiger partial charge in [0, 0.05) is 17.6 Å². The molecule has 20 heavy (non-hydrogen) atoms. The lowest BCUT2D eigenvalue weighted by Crippen LogP contribution is -2.35. The van der Waals surface area contributed by atoms with Crippen LogP contribution >= 0.6 is 0 Å². The molecule has 0 amide bonds. The summed E-state index contributed by atoms with van der Waals surface area (Å²) < 4.78 is 5.96. The third-order valence-corrected chi connectivity index (χ3v) is 4.45. The SMILES string of the molecule is CC(C)Oc1ccccc1C(C)NC(C1CC1)C1CC1. The first-order chi connectivity index (χ1) is 9.65. The van der Waals surface area contributed by atoms with Gasteiger partial charge < -0.3 is 10.1 Å². The highest BCUT2D eigenvalue weighted by Gasteiger charge is 2.41. The van der Waals surface area contributed by atoms with Gasteiger partial charge in [0.2, 0.25) is 0 Å². The molecule has 110 valence electrons. The van der Waals surface area contributed by atoms with Crippen LogP contribution in [0.2, 0.25) is 0 Å². The molecule has 2 aliphatic carbocycles. The summed E-state index contributed by atoms with van der Waals surface area (Å²) in [6.45, 7) is 6.46. The molecule has 2 aliphatic rings. The van der Waals surface area contributed by atoms with Crippen LogP contribution < -0.4 is 10.1 Å². The first kappa shape index (κ1) is 13.9. The first-order valence-corrected chi connectivity index (χ1v) is 8.16. The van der Waals surface area contributed by atoms with Crippen LogP contribution in [0.15, 0.2) is 24.3 Å². The van der Waals surface area contributed by atoms with Crippen LogP contribution in [0.1, 0.15) is 58.1 Å². The zero-order valence-corrected chi connectivity index (χ0v) is 12.9. The fourth-order valence-electron chi connectivity index (χ4n) is 3.15. The number of nitrogens with one attached hydrogen (secondary N) is 1. The predicted octanol–water partition coefficient (Wildman–Crippen LogP) is 4.31. The van der Waals surface area contributed by atoms with Crippen LogP contribution in [-0.4, -0.2) is 12.1 Å². The summed E-state index contributed by atoms with van der Waals surface area (Å²) in [5, 5.41) is 3.89. The van der Waals surface area contributed by atoms with Gasteiger partial charge in [-0.25, -0.2) is 0 Å². The normalized spacial score (nSPS) is 20.4. The molecule has 1 aromatic carbocycles. The molecule has 0 saturated heterocycles. The number of para-hydroxylation sites is 1. The molecule has 0 spiro atoms. The standard InChI is InChI=1S/C18H27NO/c1-12(2)20-17-7-5-4-6-16(17)13(3)19-18(14-8-9-14)15-10-11-15/h4-7,12-15,18-19H,8-11H2,1-3H3. The minimum Gasteiger partial charge on any atom is -0.491 e. The Bertz CT molecular complexity index is 436. The van der Waals surface area contributed by atoms with Crippen molar-refractivity contribution in [2.75, 3.05) is 0 Å². The van der Waals surface area contributed by atoms with E-state index in [9.17, 15) is 0 Å². The van der Waals surface area contributed by atoms with Gasteiger partial charge in [0.15, 0.2) is 0 Å². The van der Waals surface area contributed by atoms with Gasteiger partial charge in [-0.1, -0.05) is 18.2 Å². The molecule has 0 bridgehead atoms. The number of hydrogen-bond acceptors (Lipinski definition) is 2. The lowest BCUT2D eigenvalue weighted by Gasteiger charge is -2.25. The summed E-state index contributed by atoms with van der Waals surface area (Å²) >= 11 is 0. The van der Waals surface area contributed by atoms with E-state index in [-0.39, 0.29) is 6.10 Å². The van der Waals surface area contributed by atoms with E-state index in [1.165, 1.54) is 31.2 Å². The minimum absolute atomic E-state index is 0.228. The smallest absolute Gasteiger partial charge is 0.124 e. The Labute approximate surface area is 122 Å². The number of hydrogen-bond donors (Lipinski definition) is 1. The van der Waals surface area contributed by atoms with E-state index < -0.39 is 0 Å². The molecule has 2 heteroatoms. The highest BCUT2D eigenvalue weighted by atomic mass is 16.5. The third kappa shape index (κ3) is 3.35. The van der Waals surface area contributed by atoms with Gasteiger partial charge in [0.1, 0.15) is 5.75 Å². The first-order valence-electron chi connectivity index (χ1n) is 8.16. The molecular weight excluding hydrogens is 246 g/mol. The van der Waals surface area contributed by atoms with Crippen molar-refractivity contribution < 1.29 is 4.74 Å². The van der Waals surface area contributed by atoms with Gasteiger partial charge in [0.25, 0.3) is 0 Å². The topological polar surface area (TPSA) is 21.3 Å². The maximum atomic E-state index is 5.96. The molecule has 1 atom stereocenters. The van der Waals surface area contributed by atoms with E-state index in [1.807, 2.05) is 0 Å². The zero-order chi connectivity index (χ0) is 14.1. The molecule has 1 aromatic rings. The summed E-state index contributed by atoms with van der Waals surface area (Å²) in [7, 11) is 0. The average molecular weight is 273 g/mol.